The molecule has 10 N–H and O–H groups in total. The van der Waals surface area contributed by atoms with Crippen molar-refractivity contribution in [2.45, 2.75) is 87.2 Å². The largest absolute Gasteiger partial charge is 0.504 e. The predicted molar refractivity (Wildman–Crippen MR) is 147 cm³/mol. The molecular formula is C29H38O18. The smallest absolute Gasteiger partial charge is 0.342 e. The number of hydrogen-bond donors (Lipinski definition) is 10. The van der Waals surface area contributed by atoms with Crippen molar-refractivity contribution in [2.75, 3.05) is 13.2 Å². The number of benzene rings is 1. The Hall–Kier alpha value is -3.14. The van der Waals surface area contributed by atoms with Gasteiger partial charge in [0.05, 0.1) is 25.0 Å². The number of rotatable bonds is 8. The number of aliphatic hydroxyl groups is 8. The summed E-state index contributed by atoms with van der Waals surface area (Å²) in [6, 6.07) is 3.70. The highest BCUT2D eigenvalue weighted by Crippen LogP contribution is 2.49. The Morgan fingerprint density at radius 2 is 1.38 bits per heavy atom. The van der Waals surface area contributed by atoms with Crippen LogP contribution in [-0.4, -0.2) is 150 Å². The number of esters is 2. The van der Waals surface area contributed by atoms with E-state index >= 15 is 0 Å². The lowest BCUT2D eigenvalue weighted by Gasteiger charge is -2.43. The maximum Gasteiger partial charge on any atom is 0.342 e. The van der Waals surface area contributed by atoms with Gasteiger partial charge in [-0.15, -0.1) is 0 Å². The average molecular weight is 675 g/mol. The van der Waals surface area contributed by atoms with Crippen molar-refractivity contribution in [1.29, 1.82) is 0 Å². The van der Waals surface area contributed by atoms with E-state index < -0.39 is 128 Å². The molecule has 1 aromatic rings. The monoisotopic (exact) mass is 674 g/mol. The van der Waals surface area contributed by atoms with Crippen LogP contribution in [0.25, 0.3) is 0 Å². The number of para-hydroxylation sites is 1. The molecule has 15 atom stereocenters. The van der Waals surface area contributed by atoms with Gasteiger partial charge in [-0.1, -0.05) is 13.0 Å². The molecule has 5 rings (SSSR count). The van der Waals surface area contributed by atoms with Crippen molar-refractivity contribution in [2.24, 2.45) is 17.8 Å². The zero-order chi connectivity index (χ0) is 34.3. The van der Waals surface area contributed by atoms with Crippen LogP contribution in [0.5, 0.6) is 11.5 Å². The van der Waals surface area contributed by atoms with Crippen LogP contribution in [0.4, 0.5) is 0 Å². The highest BCUT2D eigenvalue weighted by molar-refractivity contribution is 5.93. The quantitative estimate of drug-likeness (QED) is 0.0937. The number of carbonyl (C=O) groups is 2. The maximum absolute atomic E-state index is 13.5. The Labute approximate surface area is 266 Å². The van der Waals surface area contributed by atoms with E-state index in [9.17, 15) is 60.7 Å². The van der Waals surface area contributed by atoms with E-state index in [1.165, 1.54) is 12.1 Å². The molecule has 15 unspecified atom stereocenters. The summed E-state index contributed by atoms with van der Waals surface area (Å²) < 4.78 is 33.3. The molecule has 18 nitrogen and oxygen atoms in total. The van der Waals surface area contributed by atoms with E-state index in [0.29, 0.717) is 0 Å². The summed E-state index contributed by atoms with van der Waals surface area (Å²) >= 11 is 0. The minimum Gasteiger partial charge on any atom is -0.504 e. The molecule has 2 saturated heterocycles. The zero-order valence-corrected chi connectivity index (χ0v) is 24.8. The van der Waals surface area contributed by atoms with Gasteiger partial charge in [0, 0.05) is 17.8 Å². The third-order valence-corrected chi connectivity index (χ3v) is 9.10. The van der Waals surface area contributed by atoms with E-state index in [0.717, 1.165) is 12.3 Å². The van der Waals surface area contributed by atoms with Gasteiger partial charge in [-0.25, -0.2) is 9.59 Å². The van der Waals surface area contributed by atoms with Crippen LogP contribution >= 0.6 is 0 Å². The third kappa shape index (κ3) is 6.63. The van der Waals surface area contributed by atoms with Crippen molar-refractivity contribution in [1.82, 2.24) is 0 Å². The lowest BCUT2D eigenvalue weighted by Crippen LogP contribution is -2.60. The first-order valence-corrected chi connectivity index (χ1v) is 14.8. The average Bonchev–Trinajstić information content (AvgIpc) is 3.38. The SMILES string of the molecule is CC1C(OC(=O)c2cccc(O)c2O)CC2C(C(=O)OC3OC(CO)C(O)C(O)C3O)=COC(OC3OC(CO)C(O)C(O)C3O)C21. The van der Waals surface area contributed by atoms with Crippen molar-refractivity contribution in [3.63, 3.8) is 0 Å². The summed E-state index contributed by atoms with van der Waals surface area (Å²) in [6.07, 6.45) is -18.2. The first-order chi connectivity index (χ1) is 22.3. The Morgan fingerprint density at radius 1 is 0.787 bits per heavy atom. The summed E-state index contributed by atoms with van der Waals surface area (Å²) in [6.45, 7) is 0.127. The number of fused-ring (bicyclic) bond motifs is 1. The third-order valence-electron chi connectivity index (χ3n) is 9.10. The van der Waals surface area contributed by atoms with Crippen molar-refractivity contribution < 1.29 is 89.1 Å². The lowest BCUT2D eigenvalue weighted by molar-refractivity contribution is -0.342. The van der Waals surface area contributed by atoms with Crippen LogP contribution in [0, 0.1) is 17.8 Å². The van der Waals surface area contributed by atoms with Crippen LogP contribution in [0.2, 0.25) is 0 Å². The van der Waals surface area contributed by atoms with Gasteiger partial charge in [-0.3, -0.25) is 0 Å². The highest BCUT2D eigenvalue weighted by Gasteiger charge is 2.55. The van der Waals surface area contributed by atoms with E-state index in [2.05, 4.69) is 0 Å². The first kappa shape index (κ1) is 35.2. The van der Waals surface area contributed by atoms with Crippen LogP contribution in [-0.2, 0) is 33.2 Å². The molecule has 0 bridgehead atoms. The Bertz CT molecular complexity index is 1320. The fourth-order valence-corrected chi connectivity index (χ4v) is 6.35. The number of aromatic hydroxyl groups is 2. The summed E-state index contributed by atoms with van der Waals surface area (Å²) in [5.74, 6) is -5.84. The van der Waals surface area contributed by atoms with E-state index in [1.807, 2.05) is 0 Å². The van der Waals surface area contributed by atoms with Crippen molar-refractivity contribution >= 4 is 11.9 Å². The van der Waals surface area contributed by atoms with Gasteiger partial charge in [-0.2, -0.15) is 0 Å². The van der Waals surface area contributed by atoms with Gasteiger partial charge in [0.2, 0.25) is 12.6 Å². The molecule has 3 heterocycles. The minimum atomic E-state index is -1.90. The minimum absolute atomic E-state index is 0.0648. The molecule has 0 spiro atoms. The van der Waals surface area contributed by atoms with E-state index in [-0.39, 0.29) is 17.6 Å². The molecule has 47 heavy (non-hydrogen) atoms. The molecule has 18 heteroatoms. The Morgan fingerprint density at radius 3 is 2.00 bits per heavy atom. The molecule has 1 aromatic carbocycles. The van der Waals surface area contributed by atoms with Crippen LogP contribution in [0.3, 0.4) is 0 Å². The molecule has 262 valence electrons. The number of phenols is 2. The fraction of sp³-hybridized carbons (Fsp3) is 0.655. The number of phenolic OH excluding ortho intramolecular Hbond substituents is 2. The summed E-state index contributed by atoms with van der Waals surface area (Å²) in [5.41, 5.74) is -0.499. The fourth-order valence-electron chi connectivity index (χ4n) is 6.35. The van der Waals surface area contributed by atoms with E-state index in [1.54, 1.807) is 6.92 Å². The van der Waals surface area contributed by atoms with E-state index in [4.69, 9.17) is 28.4 Å². The van der Waals surface area contributed by atoms with Gasteiger partial charge in [0.25, 0.3) is 0 Å². The zero-order valence-electron chi connectivity index (χ0n) is 24.8. The highest BCUT2D eigenvalue weighted by atomic mass is 16.8. The molecule has 0 aromatic heterocycles. The lowest BCUT2D eigenvalue weighted by atomic mass is 9.83. The predicted octanol–water partition coefficient (Wildman–Crippen LogP) is -3.70. The van der Waals surface area contributed by atoms with Crippen LogP contribution < -0.4 is 0 Å². The molecular weight excluding hydrogens is 636 g/mol. The van der Waals surface area contributed by atoms with Crippen molar-refractivity contribution in [3.8, 4) is 11.5 Å². The van der Waals surface area contributed by atoms with Gasteiger partial charge >= 0.3 is 11.9 Å². The number of hydrogen-bond acceptors (Lipinski definition) is 18. The summed E-state index contributed by atoms with van der Waals surface area (Å²) in [5, 5.41) is 100. The topological polar surface area (TPSA) is 292 Å². The normalized spacial score (nSPS) is 41.7. The van der Waals surface area contributed by atoms with Crippen molar-refractivity contribution in [3.05, 3.63) is 35.6 Å². The molecule has 1 aliphatic carbocycles. The molecule has 4 aliphatic rings. The summed E-state index contributed by atoms with van der Waals surface area (Å²) in [4.78, 5) is 26.5. The Kier molecular flexibility index (Phi) is 10.6. The number of aliphatic hydroxyl groups excluding tert-OH is 8. The van der Waals surface area contributed by atoms with Gasteiger partial charge < -0.3 is 79.5 Å². The van der Waals surface area contributed by atoms with Gasteiger partial charge in [-0.05, 0) is 18.6 Å². The summed E-state index contributed by atoms with van der Waals surface area (Å²) in [7, 11) is 0. The second kappa shape index (κ2) is 14.1. The van der Waals surface area contributed by atoms with Gasteiger partial charge in [0.15, 0.2) is 17.8 Å². The second-order valence-corrected chi connectivity index (χ2v) is 11.9. The van der Waals surface area contributed by atoms with Gasteiger partial charge in [0.1, 0.15) is 60.5 Å². The van der Waals surface area contributed by atoms with Crippen LogP contribution in [0.15, 0.2) is 30.0 Å². The molecule has 0 amide bonds. The number of carbonyl (C=O) groups excluding carboxylic acids is 2. The van der Waals surface area contributed by atoms with Crippen LogP contribution in [0.1, 0.15) is 23.7 Å². The Balaban J connectivity index is 1.40. The number of ether oxygens (including phenoxy) is 6. The molecule has 3 fully saturated rings. The molecule has 3 aliphatic heterocycles. The maximum atomic E-state index is 13.5. The molecule has 0 radical (unpaired) electrons. The molecule has 1 saturated carbocycles. The standard InChI is InChI=1S/C29H38O18/c1-9-14(43-25(40)10-3-2-4-13(32)18(10)33)5-11-12(26(41)46-28-23(38)21(36)19(34)15(6-30)44-28)8-42-27(17(9)11)47-29-24(39)22(37)20(35)16(7-31)45-29/h2-4,8-9,11,14-17,19-24,27-39H,5-7H2,1H3. The first-order valence-electron chi connectivity index (χ1n) is 14.8. The second-order valence-electron chi connectivity index (χ2n) is 11.9.